The van der Waals surface area contributed by atoms with Crippen LogP contribution >= 0.6 is 11.8 Å². The van der Waals surface area contributed by atoms with Crippen LogP contribution in [-0.2, 0) is 6.42 Å². The van der Waals surface area contributed by atoms with Gasteiger partial charge in [0.05, 0.1) is 0 Å². The van der Waals surface area contributed by atoms with Gasteiger partial charge in [0.15, 0.2) is 0 Å². The maximum atomic E-state index is 12.5. The lowest BCUT2D eigenvalue weighted by Gasteiger charge is -2.40. The smallest absolute Gasteiger partial charge is 0.317 e. The van der Waals surface area contributed by atoms with E-state index in [1.807, 2.05) is 30.0 Å². The number of hydrogen-bond donors (Lipinski definition) is 1. The maximum absolute atomic E-state index is 12.5. The summed E-state index contributed by atoms with van der Waals surface area (Å²) in [7, 11) is 0. The van der Waals surface area contributed by atoms with Crippen LogP contribution in [0.5, 0.6) is 0 Å². The average Bonchev–Trinajstić information content (AvgIpc) is 2.62. The Morgan fingerprint density at radius 2 is 2.00 bits per heavy atom. The first-order chi connectivity index (χ1) is 12.1. The molecule has 5 nitrogen and oxygen atoms in total. The van der Waals surface area contributed by atoms with E-state index in [-0.39, 0.29) is 12.1 Å². The highest BCUT2D eigenvalue weighted by Gasteiger charge is 2.27. The molecule has 0 radical (unpaired) electrons. The third-order valence-electron chi connectivity index (χ3n) is 5.14. The number of nitrogens with zero attached hydrogens (tertiary/aromatic N) is 3. The van der Waals surface area contributed by atoms with Crippen molar-refractivity contribution in [2.24, 2.45) is 0 Å². The predicted molar refractivity (Wildman–Crippen MR) is 104 cm³/mol. The zero-order chi connectivity index (χ0) is 17.6. The summed E-state index contributed by atoms with van der Waals surface area (Å²) < 4.78 is 0. The van der Waals surface area contributed by atoms with Crippen molar-refractivity contribution < 1.29 is 4.79 Å². The summed E-state index contributed by atoms with van der Waals surface area (Å²) in [6, 6.07) is 6.94. The average molecular weight is 363 g/mol. The number of carbonyl (C=O) groups excluding carboxylic acids is 1. The zero-order valence-corrected chi connectivity index (χ0v) is 16.2. The van der Waals surface area contributed by atoms with Gasteiger partial charge in [-0.05, 0) is 50.3 Å². The number of urea groups is 1. The Morgan fingerprint density at radius 1 is 1.28 bits per heavy atom. The van der Waals surface area contributed by atoms with Crippen molar-refractivity contribution in [2.75, 3.05) is 37.7 Å². The summed E-state index contributed by atoms with van der Waals surface area (Å²) in [5.74, 6) is 2.58. The van der Waals surface area contributed by atoms with E-state index in [0.717, 1.165) is 50.0 Å². The van der Waals surface area contributed by atoms with Crippen LogP contribution in [0.2, 0.25) is 0 Å². The first-order valence-electron chi connectivity index (χ1n) is 9.41. The molecule has 2 aliphatic rings. The lowest BCUT2D eigenvalue weighted by Crippen LogP contribution is -2.55. The summed E-state index contributed by atoms with van der Waals surface area (Å²) in [6.45, 7) is 7.75. The number of amides is 2. The third-order valence-corrected chi connectivity index (χ3v) is 6.19. The van der Waals surface area contributed by atoms with E-state index in [1.54, 1.807) is 0 Å². The molecule has 6 heteroatoms. The van der Waals surface area contributed by atoms with Gasteiger partial charge >= 0.3 is 6.03 Å². The monoisotopic (exact) mass is 362 g/mol. The second kappa shape index (κ2) is 8.90. The number of carbonyl (C=O) groups is 1. The zero-order valence-electron chi connectivity index (χ0n) is 15.4. The minimum atomic E-state index is 0.0685. The number of piperazine rings is 1. The molecule has 0 spiro atoms. The van der Waals surface area contributed by atoms with Crippen LogP contribution in [-0.4, -0.2) is 70.6 Å². The van der Waals surface area contributed by atoms with Gasteiger partial charge < -0.3 is 10.2 Å². The second-order valence-corrected chi connectivity index (χ2v) is 8.42. The molecular formula is C19H30N4OS. The number of rotatable bonds is 4. The third kappa shape index (κ3) is 5.35. The van der Waals surface area contributed by atoms with Gasteiger partial charge in [-0.2, -0.15) is 11.8 Å². The number of thioether (sulfide) groups is 1. The van der Waals surface area contributed by atoms with Gasteiger partial charge in [0, 0.05) is 56.1 Å². The minimum absolute atomic E-state index is 0.0685. The van der Waals surface area contributed by atoms with Crippen LogP contribution in [0.25, 0.3) is 0 Å². The summed E-state index contributed by atoms with van der Waals surface area (Å²) in [6.07, 6.45) is 3.38. The van der Waals surface area contributed by atoms with E-state index in [9.17, 15) is 4.79 Å². The molecule has 1 atom stereocenters. The van der Waals surface area contributed by atoms with E-state index in [0.29, 0.717) is 0 Å². The predicted octanol–water partition coefficient (Wildman–Crippen LogP) is 2.54. The van der Waals surface area contributed by atoms with E-state index in [2.05, 4.69) is 33.9 Å². The van der Waals surface area contributed by atoms with E-state index < -0.39 is 0 Å². The van der Waals surface area contributed by atoms with E-state index >= 15 is 0 Å². The topological polar surface area (TPSA) is 48.5 Å². The highest BCUT2D eigenvalue weighted by molar-refractivity contribution is 7.99. The molecule has 2 amide bonds. The highest BCUT2D eigenvalue weighted by Crippen LogP contribution is 2.22. The summed E-state index contributed by atoms with van der Waals surface area (Å²) in [5.41, 5.74) is 2.06. The normalized spacial score (nSPS) is 21.1. The molecule has 0 aromatic carbocycles. The Bertz CT molecular complexity index is 568. The first-order valence-corrected chi connectivity index (χ1v) is 10.6. The Kier molecular flexibility index (Phi) is 6.59. The second-order valence-electron chi connectivity index (χ2n) is 7.19. The summed E-state index contributed by atoms with van der Waals surface area (Å²) >= 11 is 2.07. The summed E-state index contributed by atoms with van der Waals surface area (Å²) in [4.78, 5) is 21.6. The van der Waals surface area contributed by atoms with Gasteiger partial charge in [-0.25, -0.2) is 4.79 Å². The van der Waals surface area contributed by atoms with Crippen molar-refractivity contribution in [1.82, 2.24) is 20.1 Å². The van der Waals surface area contributed by atoms with Crippen molar-refractivity contribution in [2.45, 2.75) is 45.2 Å². The largest absolute Gasteiger partial charge is 0.335 e. The van der Waals surface area contributed by atoms with Gasteiger partial charge in [0.25, 0.3) is 0 Å². The number of aryl methyl sites for hydroxylation is 1. The van der Waals surface area contributed by atoms with Crippen molar-refractivity contribution >= 4 is 17.8 Å². The molecule has 0 saturated carbocycles. The molecule has 3 heterocycles. The Labute approximate surface area is 155 Å². The molecule has 0 aliphatic carbocycles. The fourth-order valence-corrected chi connectivity index (χ4v) is 4.80. The van der Waals surface area contributed by atoms with Gasteiger partial charge in [-0.1, -0.05) is 6.07 Å². The van der Waals surface area contributed by atoms with E-state index in [4.69, 9.17) is 0 Å². The molecular weight excluding hydrogens is 332 g/mol. The van der Waals surface area contributed by atoms with Gasteiger partial charge in [-0.15, -0.1) is 0 Å². The van der Waals surface area contributed by atoms with Crippen molar-refractivity contribution in [3.05, 3.63) is 29.6 Å². The van der Waals surface area contributed by atoms with Crippen molar-refractivity contribution in [1.29, 1.82) is 0 Å². The number of nitrogens with one attached hydrogen (secondary N) is 1. The Hall–Kier alpha value is -1.27. The maximum Gasteiger partial charge on any atom is 0.317 e. The van der Waals surface area contributed by atoms with Gasteiger partial charge in [-0.3, -0.25) is 9.88 Å². The molecule has 138 valence electrons. The number of pyridine rings is 1. The lowest BCUT2D eigenvalue weighted by atomic mass is 10.1. The van der Waals surface area contributed by atoms with Crippen LogP contribution in [0.1, 0.15) is 31.2 Å². The van der Waals surface area contributed by atoms with Crippen molar-refractivity contribution in [3.8, 4) is 0 Å². The standard InChI is InChI=1S/C19H30N4OS/c1-15-4-3-5-17(20-15)14-16(2)21-19(24)23-10-8-22(9-11-23)18-6-12-25-13-7-18/h3-5,16,18H,6-14H2,1-2H3,(H,21,24)/t16-/m1/s1. The molecule has 25 heavy (non-hydrogen) atoms. The quantitative estimate of drug-likeness (QED) is 0.894. The molecule has 2 saturated heterocycles. The Morgan fingerprint density at radius 3 is 2.68 bits per heavy atom. The fourth-order valence-electron chi connectivity index (χ4n) is 3.72. The van der Waals surface area contributed by atoms with Crippen molar-refractivity contribution in [3.63, 3.8) is 0 Å². The minimum Gasteiger partial charge on any atom is -0.335 e. The molecule has 1 aromatic rings. The molecule has 1 N–H and O–H groups in total. The Balaban J connectivity index is 1.42. The number of hydrogen-bond acceptors (Lipinski definition) is 4. The van der Waals surface area contributed by atoms with Gasteiger partial charge in [0.2, 0.25) is 0 Å². The van der Waals surface area contributed by atoms with Gasteiger partial charge in [0.1, 0.15) is 0 Å². The fraction of sp³-hybridized carbons (Fsp3) is 0.684. The van der Waals surface area contributed by atoms with Crippen LogP contribution in [0.3, 0.4) is 0 Å². The summed E-state index contributed by atoms with van der Waals surface area (Å²) in [5, 5.41) is 3.14. The molecule has 3 rings (SSSR count). The number of aromatic nitrogens is 1. The van der Waals surface area contributed by atoms with Crippen LogP contribution in [0.4, 0.5) is 4.79 Å². The molecule has 0 unspecified atom stereocenters. The molecule has 2 aliphatic heterocycles. The lowest BCUT2D eigenvalue weighted by molar-refractivity contribution is 0.103. The first kappa shape index (κ1) is 18.5. The molecule has 0 bridgehead atoms. The molecule has 2 fully saturated rings. The molecule has 1 aromatic heterocycles. The van der Waals surface area contributed by atoms with Crippen LogP contribution < -0.4 is 5.32 Å². The van der Waals surface area contributed by atoms with Crippen LogP contribution in [0.15, 0.2) is 18.2 Å². The van der Waals surface area contributed by atoms with Crippen LogP contribution in [0, 0.1) is 6.92 Å². The van der Waals surface area contributed by atoms with E-state index in [1.165, 1.54) is 24.3 Å². The highest BCUT2D eigenvalue weighted by atomic mass is 32.2. The SMILES string of the molecule is Cc1cccc(C[C@@H](C)NC(=O)N2CCN(C3CCSCC3)CC2)n1.